The molecule has 23 heavy (non-hydrogen) atoms. The minimum atomic E-state index is -0.211. The average molecular weight is 314 g/mol. The zero-order valence-electron chi connectivity index (χ0n) is 13.5. The maximum absolute atomic E-state index is 12.0. The van der Waals surface area contributed by atoms with Gasteiger partial charge in [-0.25, -0.2) is 4.79 Å². The number of nitrogens with one attached hydrogen (secondary N) is 2. The van der Waals surface area contributed by atoms with Crippen molar-refractivity contribution in [2.45, 2.75) is 20.3 Å². The highest BCUT2D eigenvalue weighted by Crippen LogP contribution is 2.23. The van der Waals surface area contributed by atoms with Crippen LogP contribution < -0.4 is 15.5 Å². The van der Waals surface area contributed by atoms with Gasteiger partial charge in [-0.1, -0.05) is 23.4 Å². The van der Waals surface area contributed by atoms with Crippen molar-refractivity contribution < 1.29 is 9.32 Å². The molecule has 0 aliphatic carbocycles. The molecule has 2 heterocycles. The Hall–Kier alpha value is -2.50. The third-order valence-electron chi connectivity index (χ3n) is 4.23. The summed E-state index contributed by atoms with van der Waals surface area (Å²) in [5.74, 6) is 1.08. The molecule has 6 heteroatoms. The van der Waals surface area contributed by atoms with Crippen molar-refractivity contribution in [3.63, 3.8) is 0 Å². The quantitative estimate of drug-likeness (QED) is 0.910. The van der Waals surface area contributed by atoms with E-state index in [0.717, 1.165) is 19.5 Å². The first kappa shape index (κ1) is 15.4. The van der Waals surface area contributed by atoms with Gasteiger partial charge in [-0.3, -0.25) is 0 Å². The molecule has 1 unspecified atom stereocenters. The number of hydrogen-bond acceptors (Lipinski definition) is 4. The molecule has 122 valence electrons. The highest BCUT2D eigenvalue weighted by Gasteiger charge is 2.23. The van der Waals surface area contributed by atoms with Crippen molar-refractivity contribution in [2.24, 2.45) is 5.92 Å². The third kappa shape index (κ3) is 3.64. The summed E-state index contributed by atoms with van der Waals surface area (Å²) in [5, 5.41) is 9.57. The molecular formula is C17H22N4O2. The minimum absolute atomic E-state index is 0.211. The minimum Gasteiger partial charge on any atom is -0.371 e. The number of para-hydroxylation sites is 1. The normalized spacial score (nSPS) is 17.3. The molecule has 1 saturated heterocycles. The third-order valence-corrected chi connectivity index (χ3v) is 4.23. The van der Waals surface area contributed by atoms with E-state index in [9.17, 15) is 4.79 Å². The van der Waals surface area contributed by atoms with Gasteiger partial charge in [0.25, 0.3) is 0 Å². The van der Waals surface area contributed by atoms with Crippen LogP contribution in [0.2, 0.25) is 0 Å². The van der Waals surface area contributed by atoms with Crippen LogP contribution in [0.5, 0.6) is 0 Å². The van der Waals surface area contributed by atoms with Crippen molar-refractivity contribution in [2.75, 3.05) is 29.9 Å². The van der Waals surface area contributed by atoms with Crippen molar-refractivity contribution in [3.05, 3.63) is 41.8 Å². The molecular weight excluding hydrogens is 292 g/mol. The summed E-state index contributed by atoms with van der Waals surface area (Å²) in [6.45, 7) is 6.25. The molecule has 0 radical (unpaired) electrons. The number of nitrogens with zero attached hydrogens (tertiary/aromatic N) is 2. The number of rotatable bonds is 4. The predicted octanol–water partition coefficient (Wildman–Crippen LogP) is 2.94. The van der Waals surface area contributed by atoms with Gasteiger partial charge >= 0.3 is 6.03 Å². The zero-order valence-corrected chi connectivity index (χ0v) is 13.5. The number of urea groups is 1. The summed E-state index contributed by atoms with van der Waals surface area (Å²) < 4.78 is 5.04. The van der Waals surface area contributed by atoms with Gasteiger partial charge in [-0.15, -0.1) is 0 Å². The predicted molar refractivity (Wildman–Crippen MR) is 89.8 cm³/mol. The van der Waals surface area contributed by atoms with Crippen LogP contribution in [0.4, 0.5) is 16.2 Å². The second-order valence-electron chi connectivity index (χ2n) is 5.97. The van der Waals surface area contributed by atoms with Gasteiger partial charge < -0.3 is 20.1 Å². The lowest BCUT2D eigenvalue weighted by Gasteiger charge is -2.18. The van der Waals surface area contributed by atoms with E-state index in [4.69, 9.17) is 4.52 Å². The molecule has 2 N–H and O–H groups in total. The van der Waals surface area contributed by atoms with Gasteiger partial charge in [-0.2, -0.15) is 0 Å². The second kappa shape index (κ2) is 6.73. The summed E-state index contributed by atoms with van der Waals surface area (Å²) in [6, 6.07) is 10.2. The Kier molecular flexibility index (Phi) is 4.50. The Balaban J connectivity index is 1.47. The van der Waals surface area contributed by atoms with Crippen LogP contribution >= 0.6 is 0 Å². The van der Waals surface area contributed by atoms with Crippen molar-refractivity contribution in [1.29, 1.82) is 0 Å². The highest BCUT2D eigenvalue weighted by molar-refractivity contribution is 5.90. The monoisotopic (exact) mass is 314 g/mol. The summed E-state index contributed by atoms with van der Waals surface area (Å²) >= 11 is 0. The molecule has 1 aromatic heterocycles. The molecule has 1 aromatic carbocycles. The van der Waals surface area contributed by atoms with Gasteiger partial charge in [0.15, 0.2) is 5.76 Å². The number of anilines is 2. The fraction of sp³-hybridized carbons (Fsp3) is 0.412. The standard InChI is InChI=1S/C17H22N4O2/c1-12-16(13(2)23-20-12)19-17(22)18-10-14-8-9-21(11-14)15-6-4-3-5-7-15/h3-7,14H,8-11H2,1-2H3,(H2,18,19,22). The summed E-state index contributed by atoms with van der Waals surface area (Å²) in [6.07, 6.45) is 1.08. The Labute approximate surface area is 135 Å². The smallest absolute Gasteiger partial charge is 0.319 e. The number of amides is 2. The number of aryl methyl sites for hydroxylation is 2. The van der Waals surface area contributed by atoms with E-state index in [-0.39, 0.29) is 6.03 Å². The lowest BCUT2D eigenvalue weighted by Crippen LogP contribution is -2.34. The zero-order chi connectivity index (χ0) is 16.2. The van der Waals surface area contributed by atoms with E-state index in [1.54, 1.807) is 13.8 Å². The van der Waals surface area contributed by atoms with E-state index in [1.807, 2.05) is 6.07 Å². The number of aromatic nitrogens is 1. The fourth-order valence-corrected chi connectivity index (χ4v) is 2.93. The summed E-state index contributed by atoms with van der Waals surface area (Å²) in [7, 11) is 0. The molecule has 1 atom stereocenters. The Morgan fingerprint density at radius 2 is 2.13 bits per heavy atom. The van der Waals surface area contributed by atoms with E-state index in [0.29, 0.717) is 29.6 Å². The van der Waals surface area contributed by atoms with E-state index >= 15 is 0 Å². The first-order chi connectivity index (χ1) is 11.1. The van der Waals surface area contributed by atoms with Crippen molar-refractivity contribution in [3.8, 4) is 0 Å². The molecule has 0 saturated carbocycles. The van der Waals surface area contributed by atoms with E-state index < -0.39 is 0 Å². The summed E-state index contributed by atoms with van der Waals surface area (Å²) in [4.78, 5) is 14.4. The SMILES string of the molecule is Cc1noc(C)c1NC(=O)NCC1CCN(c2ccccc2)C1. The topological polar surface area (TPSA) is 70.4 Å². The Morgan fingerprint density at radius 1 is 1.35 bits per heavy atom. The molecule has 2 aromatic rings. The average Bonchev–Trinajstić information content (AvgIpc) is 3.16. The molecule has 0 bridgehead atoms. The van der Waals surface area contributed by atoms with Gasteiger partial charge in [-0.05, 0) is 38.3 Å². The van der Waals surface area contributed by atoms with Crippen LogP contribution in [0.25, 0.3) is 0 Å². The lowest BCUT2D eigenvalue weighted by molar-refractivity contribution is 0.250. The first-order valence-corrected chi connectivity index (χ1v) is 7.91. The molecule has 6 nitrogen and oxygen atoms in total. The molecule has 1 aliphatic rings. The summed E-state index contributed by atoms with van der Waals surface area (Å²) in [5.41, 5.74) is 2.59. The van der Waals surface area contributed by atoms with Crippen LogP contribution in [0, 0.1) is 19.8 Å². The second-order valence-corrected chi connectivity index (χ2v) is 5.97. The number of benzene rings is 1. The molecule has 1 aliphatic heterocycles. The van der Waals surface area contributed by atoms with Crippen LogP contribution in [0.1, 0.15) is 17.9 Å². The van der Waals surface area contributed by atoms with Gasteiger partial charge in [0.1, 0.15) is 11.4 Å². The maximum atomic E-state index is 12.0. The van der Waals surface area contributed by atoms with Gasteiger partial charge in [0, 0.05) is 25.3 Å². The number of hydrogen-bond donors (Lipinski definition) is 2. The van der Waals surface area contributed by atoms with Crippen molar-refractivity contribution in [1.82, 2.24) is 10.5 Å². The number of carbonyl (C=O) groups excluding carboxylic acids is 1. The van der Waals surface area contributed by atoms with Crippen LogP contribution in [0.15, 0.2) is 34.9 Å². The van der Waals surface area contributed by atoms with Gasteiger partial charge in [0.2, 0.25) is 0 Å². The van der Waals surface area contributed by atoms with Crippen molar-refractivity contribution >= 4 is 17.4 Å². The highest BCUT2D eigenvalue weighted by atomic mass is 16.5. The van der Waals surface area contributed by atoms with Crippen LogP contribution in [-0.4, -0.2) is 30.8 Å². The lowest BCUT2D eigenvalue weighted by atomic mass is 10.1. The molecule has 3 rings (SSSR count). The van der Waals surface area contributed by atoms with Gasteiger partial charge in [0.05, 0.1) is 0 Å². The maximum Gasteiger partial charge on any atom is 0.319 e. The van der Waals surface area contributed by atoms with E-state index in [2.05, 4.69) is 45.0 Å². The molecule has 1 fully saturated rings. The van der Waals surface area contributed by atoms with Crippen LogP contribution in [0.3, 0.4) is 0 Å². The van der Waals surface area contributed by atoms with Crippen LogP contribution in [-0.2, 0) is 0 Å². The number of carbonyl (C=O) groups is 1. The van der Waals surface area contributed by atoms with E-state index in [1.165, 1.54) is 5.69 Å². The Bertz CT molecular complexity index is 649. The molecule has 0 spiro atoms. The fourth-order valence-electron chi connectivity index (χ4n) is 2.93. The Morgan fingerprint density at radius 3 is 2.83 bits per heavy atom. The largest absolute Gasteiger partial charge is 0.371 e. The first-order valence-electron chi connectivity index (χ1n) is 7.91. The molecule has 2 amide bonds.